The van der Waals surface area contributed by atoms with Crippen molar-refractivity contribution in [1.29, 1.82) is 0 Å². The second-order valence-corrected chi connectivity index (χ2v) is 4.82. The minimum Gasteiger partial charge on any atom is -0.496 e. The Labute approximate surface area is 110 Å². The molecule has 1 saturated carbocycles. The summed E-state index contributed by atoms with van der Waals surface area (Å²) < 4.78 is 31.5. The monoisotopic (exact) mass is 270 g/mol. The number of carbonyl (C=O) groups is 1. The summed E-state index contributed by atoms with van der Waals surface area (Å²) in [7, 11) is 1.37. The van der Waals surface area contributed by atoms with Crippen LogP contribution in [-0.2, 0) is 10.2 Å². The van der Waals surface area contributed by atoms with Crippen molar-refractivity contribution in [2.24, 2.45) is 0 Å². The first-order valence-electron chi connectivity index (χ1n) is 6.22. The molecule has 0 bridgehead atoms. The average molecular weight is 270 g/mol. The van der Waals surface area contributed by atoms with Gasteiger partial charge in [-0.15, -0.1) is 0 Å². The number of halogens is 2. The Kier molecular flexibility index (Phi) is 3.73. The van der Waals surface area contributed by atoms with Crippen LogP contribution in [0.25, 0.3) is 0 Å². The zero-order valence-electron chi connectivity index (χ0n) is 10.7. The summed E-state index contributed by atoms with van der Waals surface area (Å²) in [6, 6.07) is 4.30. The topological polar surface area (TPSA) is 46.5 Å². The van der Waals surface area contributed by atoms with Crippen LogP contribution in [0.5, 0.6) is 5.75 Å². The highest BCUT2D eigenvalue weighted by molar-refractivity contribution is 5.83. The molecule has 0 radical (unpaired) electrons. The van der Waals surface area contributed by atoms with Gasteiger partial charge in [0, 0.05) is 11.1 Å². The van der Waals surface area contributed by atoms with Gasteiger partial charge in [0.25, 0.3) is 6.43 Å². The Bertz CT molecular complexity index is 480. The van der Waals surface area contributed by atoms with Crippen LogP contribution in [0.3, 0.4) is 0 Å². The van der Waals surface area contributed by atoms with Gasteiger partial charge in [-0.05, 0) is 18.9 Å². The van der Waals surface area contributed by atoms with Gasteiger partial charge in [-0.1, -0.05) is 25.0 Å². The molecule has 1 aliphatic rings. The molecule has 1 aromatic carbocycles. The van der Waals surface area contributed by atoms with E-state index in [1.165, 1.54) is 19.2 Å². The van der Waals surface area contributed by atoms with E-state index in [0.29, 0.717) is 12.8 Å². The van der Waals surface area contributed by atoms with Gasteiger partial charge in [-0.25, -0.2) is 8.78 Å². The number of hydrogen-bond donors (Lipinski definition) is 1. The highest BCUT2D eigenvalue weighted by Crippen LogP contribution is 2.48. The van der Waals surface area contributed by atoms with E-state index in [0.717, 1.165) is 12.8 Å². The van der Waals surface area contributed by atoms with Crippen molar-refractivity contribution < 1.29 is 23.4 Å². The number of hydrogen-bond acceptors (Lipinski definition) is 2. The fourth-order valence-corrected chi connectivity index (χ4v) is 2.96. The summed E-state index contributed by atoms with van der Waals surface area (Å²) >= 11 is 0. The number of carboxylic acid groups (broad SMARTS) is 1. The third-order valence-electron chi connectivity index (χ3n) is 3.86. The van der Waals surface area contributed by atoms with Crippen LogP contribution in [0.15, 0.2) is 18.2 Å². The highest BCUT2D eigenvalue weighted by Gasteiger charge is 2.47. The molecule has 0 unspecified atom stereocenters. The molecule has 2 rings (SSSR count). The number of rotatable bonds is 4. The van der Waals surface area contributed by atoms with Crippen LogP contribution in [0.2, 0.25) is 0 Å². The number of methoxy groups -OCH3 is 1. The SMILES string of the molecule is COc1cccc(C(F)F)c1C1(C(=O)O)CCCC1. The van der Waals surface area contributed by atoms with E-state index in [4.69, 9.17) is 4.74 Å². The van der Waals surface area contributed by atoms with E-state index >= 15 is 0 Å². The molecule has 0 atom stereocenters. The quantitative estimate of drug-likeness (QED) is 0.910. The van der Waals surface area contributed by atoms with Crippen LogP contribution in [0.1, 0.15) is 43.2 Å². The van der Waals surface area contributed by atoms with E-state index in [2.05, 4.69) is 0 Å². The summed E-state index contributed by atoms with van der Waals surface area (Å²) in [6.07, 6.45) is -0.493. The van der Waals surface area contributed by atoms with Gasteiger partial charge in [-0.3, -0.25) is 4.79 Å². The number of aliphatic carboxylic acids is 1. The lowest BCUT2D eigenvalue weighted by atomic mass is 9.76. The van der Waals surface area contributed by atoms with Crippen LogP contribution in [0, 0.1) is 0 Å². The minimum absolute atomic E-state index is 0.150. The molecule has 0 aliphatic heterocycles. The van der Waals surface area contributed by atoms with Crippen LogP contribution >= 0.6 is 0 Å². The van der Waals surface area contributed by atoms with Crippen molar-refractivity contribution in [3.05, 3.63) is 29.3 Å². The molecular formula is C14H16F2O3. The lowest BCUT2D eigenvalue weighted by Crippen LogP contribution is -2.34. The maximum absolute atomic E-state index is 13.2. The van der Waals surface area contributed by atoms with Gasteiger partial charge in [0.15, 0.2) is 0 Å². The minimum atomic E-state index is -2.71. The van der Waals surface area contributed by atoms with Crippen molar-refractivity contribution >= 4 is 5.97 Å². The fourth-order valence-electron chi connectivity index (χ4n) is 2.96. The number of benzene rings is 1. The van der Waals surface area contributed by atoms with Crippen LogP contribution in [0.4, 0.5) is 8.78 Å². The molecule has 0 saturated heterocycles. The second kappa shape index (κ2) is 5.15. The van der Waals surface area contributed by atoms with E-state index < -0.39 is 17.8 Å². The Morgan fingerprint density at radius 1 is 1.37 bits per heavy atom. The molecule has 1 aromatic rings. The Morgan fingerprint density at radius 3 is 2.47 bits per heavy atom. The van der Waals surface area contributed by atoms with Crippen molar-refractivity contribution in [3.63, 3.8) is 0 Å². The molecule has 1 fully saturated rings. The third-order valence-corrected chi connectivity index (χ3v) is 3.86. The van der Waals surface area contributed by atoms with E-state index in [9.17, 15) is 18.7 Å². The highest BCUT2D eigenvalue weighted by atomic mass is 19.3. The predicted molar refractivity (Wildman–Crippen MR) is 65.7 cm³/mol. The Morgan fingerprint density at radius 2 is 2.00 bits per heavy atom. The van der Waals surface area contributed by atoms with Gasteiger partial charge in [0.2, 0.25) is 0 Å². The number of carboxylic acids is 1. The lowest BCUT2D eigenvalue weighted by molar-refractivity contribution is -0.143. The lowest BCUT2D eigenvalue weighted by Gasteiger charge is -2.28. The Balaban J connectivity index is 2.67. The van der Waals surface area contributed by atoms with Crippen molar-refractivity contribution in [3.8, 4) is 5.75 Å². The van der Waals surface area contributed by atoms with Gasteiger partial charge >= 0.3 is 5.97 Å². The first-order valence-corrected chi connectivity index (χ1v) is 6.22. The molecule has 0 spiro atoms. The second-order valence-electron chi connectivity index (χ2n) is 4.82. The smallest absolute Gasteiger partial charge is 0.314 e. The first kappa shape index (κ1) is 13.8. The van der Waals surface area contributed by atoms with E-state index in [-0.39, 0.29) is 16.9 Å². The van der Waals surface area contributed by atoms with Gasteiger partial charge in [0.1, 0.15) is 5.75 Å². The fraction of sp³-hybridized carbons (Fsp3) is 0.500. The molecule has 0 aromatic heterocycles. The molecule has 0 amide bonds. The predicted octanol–water partition coefficient (Wildman–Crippen LogP) is 3.53. The van der Waals surface area contributed by atoms with E-state index in [1.54, 1.807) is 6.07 Å². The summed E-state index contributed by atoms with van der Waals surface area (Å²) in [5.41, 5.74) is -1.32. The van der Waals surface area contributed by atoms with E-state index in [1.807, 2.05) is 0 Å². The molecule has 1 N–H and O–H groups in total. The molecule has 19 heavy (non-hydrogen) atoms. The normalized spacial score (nSPS) is 17.7. The van der Waals surface area contributed by atoms with Gasteiger partial charge in [0.05, 0.1) is 12.5 Å². The summed E-state index contributed by atoms with van der Waals surface area (Å²) in [6.45, 7) is 0. The van der Waals surface area contributed by atoms with Gasteiger partial charge < -0.3 is 9.84 Å². The van der Waals surface area contributed by atoms with Crippen molar-refractivity contribution in [2.75, 3.05) is 7.11 Å². The summed E-state index contributed by atoms with van der Waals surface area (Å²) in [5, 5.41) is 9.54. The molecule has 3 nitrogen and oxygen atoms in total. The largest absolute Gasteiger partial charge is 0.496 e. The molecule has 5 heteroatoms. The first-order chi connectivity index (χ1) is 9.03. The van der Waals surface area contributed by atoms with Crippen LogP contribution < -0.4 is 4.74 Å². The summed E-state index contributed by atoms with van der Waals surface area (Å²) in [4.78, 5) is 11.7. The standard InChI is InChI=1S/C14H16F2O3/c1-19-10-6-4-5-9(12(15)16)11(10)14(13(17)18)7-2-3-8-14/h4-6,12H,2-3,7-8H2,1H3,(H,17,18). The molecular weight excluding hydrogens is 254 g/mol. The number of alkyl halides is 2. The van der Waals surface area contributed by atoms with Crippen molar-refractivity contribution in [1.82, 2.24) is 0 Å². The zero-order chi connectivity index (χ0) is 14.0. The maximum Gasteiger partial charge on any atom is 0.314 e. The Hall–Kier alpha value is -1.65. The van der Waals surface area contributed by atoms with Crippen molar-refractivity contribution in [2.45, 2.75) is 37.5 Å². The van der Waals surface area contributed by atoms with Crippen LogP contribution in [-0.4, -0.2) is 18.2 Å². The number of ether oxygens (including phenoxy) is 1. The molecule has 0 heterocycles. The molecule has 104 valence electrons. The average Bonchev–Trinajstić information content (AvgIpc) is 2.88. The summed E-state index contributed by atoms with van der Waals surface area (Å²) in [5.74, 6) is -0.807. The van der Waals surface area contributed by atoms with Gasteiger partial charge in [-0.2, -0.15) is 0 Å². The third kappa shape index (κ3) is 2.17. The zero-order valence-corrected chi connectivity index (χ0v) is 10.7. The molecule has 1 aliphatic carbocycles. The maximum atomic E-state index is 13.2.